The highest BCUT2D eigenvalue weighted by atomic mass is 32.2. The van der Waals surface area contributed by atoms with Gasteiger partial charge in [0, 0.05) is 19.8 Å². The van der Waals surface area contributed by atoms with Crippen LogP contribution in [0.3, 0.4) is 0 Å². The monoisotopic (exact) mass is 296 g/mol. The second kappa shape index (κ2) is 5.12. The first-order valence-electron chi connectivity index (χ1n) is 5.94. The van der Waals surface area contributed by atoms with Crippen molar-refractivity contribution in [2.45, 2.75) is 0 Å². The van der Waals surface area contributed by atoms with E-state index in [4.69, 9.17) is 5.73 Å². The topological polar surface area (TPSA) is 109 Å². The number of aromatic nitrogens is 2. The highest BCUT2D eigenvalue weighted by Crippen LogP contribution is 2.25. The molecule has 0 bridgehead atoms. The second-order valence-corrected chi connectivity index (χ2v) is 6.97. The molecule has 8 heteroatoms. The average molecular weight is 296 g/mol. The van der Waals surface area contributed by atoms with Gasteiger partial charge in [0.1, 0.15) is 9.84 Å². The summed E-state index contributed by atoms with van der Waals surface area (Å²) in [6, 6.07) is 3.23. The van der Waals surface area contributed by atoms with Gasteiger partial charge < -0.3 is 15.6 Å². The van der Waals surface area contributed by atoms with Crippen molar-refractivity contribution in [3.8, 4) is 0 Å². The standard InChI is InChI=1S/C12H16N4O3S/c1-16(3-4-20(2,18)19)11-6-10-8(5-9(11)13)12(17)15-7-14-10/h5-7H,3-4,13H2,1-2H3,(H,14,15,17). The minimum atomic E-state index is -3.04. The SMILES string of the molecule is CN(CCS(C)(=O)=O)c1cc2nc[nH]c(=O)c2cc1N. The maximum atomic E-state index is 11.6. The van der Waals surface area contributed by atoms with E-state index in [2.05, 4.69) is 9.97 Å². The summed E-state index contributed by atoms with van der Waals surface area (Å²) in [5.41, 5.74) is 7.25. The normalized spacial score (nSPS) is 11.7. The number of fused-ring (bicyclic) bond motifs is 1. The fraction of sp³-hybridized carbons (Fsp3) is 0.333. The van der Waals surface area contributed by atoms with Gasteiger partial charge in [-0.25, -0.2) is 13.4 Å². The zero-order valence-electron chi connectivity index (χ0n) is 11.3. The number of hydrogen-bond acceptors (Lipinski definition) is 6. The van der Waals surface area contributed by atoms with Crippen LogP contribution in [0.5, 0.6) is 0 Å². The van der Waals surface area contributed by atoms with E-state index in [1.54, 1.807) is 24.1 Å². The Hall–Kier alpha value is -2.09. The van der Waals surface area contributed by atoms with E-state index in [1.807, 2.05) is 0 Å². The Labute approximate surface area is 116 Å². The van der Waals surface area contributed by atoms with Crippen molar-refractivity contribution < 1.29 is 8.42 Å². The van der Waals surface area contributed by atoms with E-state index in [0.717, 1.165) is 0 Å². The molecule has 0 amide bonds. The zero-order chi connectivity index (χ0) is 14.9. The molecule has 2 rings (SSSR count). The number of nitrogen functional groups attached to an aromatic ring is 1. The molecule has 0 saturated carbocycles. The largest absolute Gasteiger partial charge is 0.397 e. The summed E-state index contributed by atoms with van der Waals surface area (Å²) < 4.78 is 22.4. The molecule has 20 heavy (non-hydrogen) atoms. The maximum absolute atomic E-state index is 11.6. The van der Waals surface area contributed by atoms with Crippen molar-refractivity contribution in [1.82, 2.24) is 9.97 Å². The minimum Gasteiger partial charge on any atom is -0.397 e. The minimum absolute atomic E-state index is 0.0315. The molecular weight excluding hydrogens is 280 g/mol. The van der Waals surface area contributed by atoms with Crippen molar-refractivity contribution >= 4 is 32.1 Å². The van der Waals surface area contributed by atoms with Crippen molar-refractivity contribution in [1.29, 1.82) is 0 Å². The third-order valence-corrected chi connectivity index (χ3v) is 3.92. The van der Waals surface area contributed by atoms with Gasteiger partial charge in [0.15, 0.2) is 0 Å². The Balaban J connectivity index is 2.39. The Bertz CT molecular complexity index is 798. The average Bonchev–Trinajstić information content (AvgIpc) is 2.35. The molecule has 0 unspecified atom stereocenters. The van der Waals surface area contributed by atoms with Crippen LogP contribution in [0.1, 0.15) is 0 Å². The first kappa shape index (κ1) is 14.3. The molecule has 0 aliphatic rings. The van der Waals surface area contributed by atoms with Crippen molar-refractivity contribution in [3.05, 3.63) is 28.8 Å². The summed E-state index contributed by atoms with van der Waals surface area (Å²) >= 11 is 0. The summed E-state index contributed by atoms with van der Waals surface area (Å²) in [5, 5.41) is 0.408. The number of aromatic amines is 1. The number of benzene rings is 1. The lowest BCUT2D eigenvalue weighted by Gasteiger charge is -2.21. The van der Waals surface area contributed by atoms with Gasteiger partial charge in [-0.3, -0.25) is 4.79 Å². The maximum Gasteiger partial charge on any atom is 0.258 e. The van der Waals surface area contributed by atoms with Gasteiger partial charge in [-0.15, -0.1) is 0 Å². The van der Waals surface area contributed by atoms with E-state index < -0.39 is 9.84 Å². The molecule has 2 aromatic rings. The third kappa shape index (κ3) is 3.08. The highest BCUT2D eigenvalue weighted by molar-refractivity contribution is 7.90. The summed E-state index contributed by atoms with van der Waals surface area (Å²) in [7, 11) is -1.30. The molecule has 1 aromatic heterocycles. The van der Waals surface area contributed by atoms with Gasteiger partial charge in [-0.2, -0.15) is 0 Å². The number of nitrogens with two attached hydrogens (primary N) is 1. The molecule has 108 valence electrons. The van der Waals surface area contributed by atoms with E-state index in [0.29, 0.717) is 28.8 Å². The number of rotatable bonds is 4. The summed E-state index contributed by atoms with van der Waals surface area (Å²) in [4.78, 5) is 19.9. The summed E-state index contributed by atoms with van der Waals surface area (Å²) in [6.45, 7) is 0.317. The summed E-state index contributed by atoms with van der Waals surface area (Å²) in [5.74, 6) is 0.0315. The molecule has 0 spiro atoms. The predicted octanol–water partition coefficient (Wildman–Crippen LogP) is -0.0139. The molecule has 0 radical (unpaired) electrons. The van der Waals surface area contributed by atoms with Crippen LogP contribution in [0.15, 0.2) is 23.3 Å². The van der Waals surface area contributed by atoms with Crippen molar-refractivity contribution in [2.24, 2.45) is 0 Å². The van der Waals surface area contributed by atoms with E-state index in [-0.39, 0.29) is 11.3 Å². The van der Waals surface area contributed by atoms with Crippen LogP contribution in [0.2, 0.25) is 0 Å². The predicted molar refractivity (Wildman–Crippen MR) is 79.8 cm³/mol. The van der Waals surface area contributed by atoms with Gasteiger partial charge >= 0.3 is 0 Å². The van der Waals surface area contributed by atoms with E-state index in [1.165, 1.54) is 12.6 Å². The van der Waals surface area contributed by atoms with Crippen LogP contribution in [0.4, 0.5) is 11.4 Å². The fourth-order valence-electron chi connectivity index (χ4n) is 1.87. The quantitative estimate of drug-likeness (QED) is 0.768. The number of hydrogen-bond donors (Lipinski definition) is 2. The van der Waals surface area contributed by atoms with Crippen LogP contribution in [0, 0.1) is 0 Å². The number of nitrogens with one attached hydrogen (secondary N) is 1. The first-order valence-corrected chi connectivity index (χ1v) is 8.00. The van der Waals surface area contributed by atoms with Crippen LogP contribution in [-0.4, -0.2) is 44.0 Å². The lowest BCUT2D eigenvalue weighted by atomic mass is 10.2. The second-order valence-electron chi connectivity index (χ2n) is 4.71. The molecule has 0 aliphatic heterocycles. The fourth-order valence-corrected chi connectivity index (χ4v) is 2.48. The van der Waals surface area contributed by atoms with Gasteiger partial charge in [-0.05, 0) is 12.1 Å². The zero-order valence-corrected chi connectivity index (χ0v) is 12.1. The number of anilines is 2. The van der Waals surface area contributed by atoms with Crippen LogP contribution >= 0.6 is 0 Å². The summed E-state index contributed by atoms with van der Waals surface area (Å²) in [6.07, 6.45) is 2.51. The van der Waals surface area contributed by atoms with Gasteiger partial charge in [-0.1, -0.05) is 0 Å². The van der Waals surface area contributed by atoms with Gasteiger partial charge in [0.25, 0.3) is 5.56 Å². The molecule has 0 fully saturated rings. The molecular formula is C12H16N4O3S. The van der Waals surface area contributed by atoms with Crippen LogP contribution < -0.4 is 16.2 Å². The number of H-pyrrole nitrogens is 1. The van der Waals surface area contributed by atoms with Crippen molar-refractivity contribution in [3.63, 3.8) is 0 Å². The smallest absolute Gasteiger partial charge is 0.258 e. The molecule has 0 saturated heterocycles. The molecule has 0 aliphatic carbocycles. The van der Waals surface area contributed by atoms with E-state index >= 15 is 0 Å². The Kier molecular flexibility index (Phi) is 3.67. The lowest BCUT2D eigenvalue weighted by Crippen LogP contribution is -2.25. The van der Waals surface area contributed by atoms with Gasteiger partial charge in [0.2, 0.25) is 0 Å². The first-order chi connectivity index (χ1) is 9.28. The molecule has 1 heterocycles. The van der Waals surface area contributed by atoms with Crippen LogP contribution in [0.25, 0.3) is 10.9 Å². The number of nitrogens with zero attached hydrogens (tertiary/aromatic N) is 2. The van der Waals surface area contributed by atoms with Crippen molar-refractivity contribution in [2.75, 3.05) is 36.2 Å². The lowest BCUT2D eigenvalue weighted by molar-refractivity contribution is 0.601. The number of sulfone groups is 1. The molecule has 3 N–H and O–H groups in total. The Morgan fingerprint density at radius 1 is 1.40 bits per heavy atom. The molecule has 1 aromatic carbocycles. The molecule has 7 nitrogen and oxygen atoms in total. The third-order valence-electron chi connectivity index (χ3n) is 3.00. The van der Waals surface area contributed by atoms with Crippen LogP contribution in [-0.2, 0) is 9.84 Å². The highest BCUT2D eigenvalue weighted by Gasteiger charge is 2.11. The van der Waals surface area contributed by atoms with Gasteiger partial charge in [0.05, 0.1) is 34.4 Å². The van der Waals surface area contributed by atoms with E-state index in [9.17, 15) is 13.2 Å². The Morgan fingerprint density at radius 2 is 2.10 bits per heavy atom. The molecule has 0 atom stereocenters. The Morgan fingerprint density at radius 3 is 2.75 bits per heavy atom.